The molecule has 42 heavy (non-hydrogen) atoms. The number of carbonyl (C=O) groups is 1. The first-order chi connectivity index (χ1) is 20.1. The predicted octanol–water partition coefficient (Wildman–Crippen LogP) is 4.34. The minimum absolute atomic E-state index is 0.100. The van der Waals surface area contributed by atoms with E-state index in [9.17, 15) is 14.7 Å². The van der Waals surface area contributed by atoms with E-state index in [0.29, 0.717) is 47.6 Å². The van der Waals surface area contributed by atoms with E-state index < -0.39 is 6.09 Å². The number of amides is 1. The third-order valence-corrected chi connectivity index (χ3v) is 8.75. The molecule has 12 heteroatoms. The fourth-order valence-electron chi connectivity index (χ4n) is 6.39. The average Bonchev–Trinajstić information content (AvgIpc) is 3.36. The van der Waals surface area contributed by atoms with Gasteiger partial charge in [0.2, 0.25) is 0 Å². The number of nitrogens with zero attached hydrogens (tertiary/aromatic N) is 7. The number of halogens is 1. The molecule has 11 nitrogen and oxygen atoms in total. The molecule has 220 valence electrons. The van der Waals surface area contributed by atoms with Crippen molar-refractivity contribution >= 4 is 45.3 Å². The Bertz CT molecular complexity index is 1730. The van der Waals surface area contributed by atoms with Gasteiger partial charge in [0.05, 0.1) is 10.7 Å². The van der Waals surface area contributed by atoms with E-state index in [1.165, 1.54) is 9.47 Å². The van der Waals surface area contributed by atoms with Gasteiger partial charge in [-0.05, 0) is 64.7 Å². The molecule has 6 rings (SSSR count). The molecule has 2 fully saturated rings. The Balaban J connectivity index is 1.54. The van der Waals surface area contributed by atoms with Crippen LogP contribution in [0.25, 0.3) is 27.5 Å². The maximum absolute atomic E-state index is 14.3. The number of benzene rings is 2. The monoisotopic (exact) mass is 591 g/mol. The van der Waals surface area contributed by atoms with Crippen LogP contribution in [-0.2, 0) is 0 Å². The maximum Gasteiger partial charge on any atom is 0.407 e. The van der Waals surface area contributed by atoms with Crippen LogP contribution in [-0.4, -0.2) is 91.9 Å². The lowest BCUT2D eigenvalue weighted by Crippen LogP contribution is -2.58. The molecule has 3 atom stereocenters. The smallest absolute Gasteiger partial charge is 0.407 e. The molecule has 2 aliphatic rings. The molecule has 2 aromatic carbocycles. The van der Waals surface area contributed by atoms with Crippen molar-refractivity contribution in [2.24, 2.45) is 0 Å². The zero-order valence-electron chi connectivity index (χ0n) is 24.1. The van der Waals surface area contributed by atoms with Crippen molar-refractivity contribution in [2.45, 2.75) is 51.7 Å². The molecule has 4 aromatic rings. The molecule has 2 aliphatic heterocycles. The largest absolute Gasteiger partial charge is 0.465 e. The van der Waals surface area contributed by atoms with Crippen LogP contribution in [0.5, 0.6) is 6.01 Å². The van der Waals surface area contributed by atoms with Crippen molar-refractivity contribution < 1.29 is 14.6 Å². The first kappa shape index (κ1) is 28.2. The van der Waals surface area contributed by atoms with Gasteiger partial charge in [0.15, 0.2) is 11.3 Å². The summed E-state index contributed by atoms with van der Waals surface area (Å²) >= 11 is 6.63. The standard InChI is InChI=1S/C30H34ClN7O4/c1-17-14-36(30(40)41)15-18(2)37(17)27-25-26(33-29(34-27)42-16-21-10-7-13-35(21)4)28(39)38(19(3)32-25)23-12-6-9-20-8-5-11-22(31)24(20)23/h5-6,8-9,11-12,17-18,21H,7,10,13-16H2,1-4H3,(H,40,41)/t17-,18-,21?/m0/s1. The zero-order valence-corrected chi connectivity index (χ0v) is 24.9. The molecular weight excluding hydrogens is 558 g/mol. The molecule has 0 bridgehead atoms. The van der Waals surface area contributed by atoms with Gasteiger partial charge >= 0.3 is 12.1 Å². The number of ether oxygens (including phenoxy) is 1. The maximum atomic E-state index is 14.3. The zero-order chi connectivity index (χ0) is 29.7. The Morgan fingerprint density at radius 2 is 1.79 bits per heavy atom. The number of hydrogen-bond donors (Lipinski definition) is 1. The van der Waals surface area contributed by atoms with Gasteiger partial charge in [0, 0.05) is 36.6 Å². The van der Waals surface area contributed by atoms with Crippen LogP contribution < -0.4 is 15.2 Å². The predicted molar refractivity (Wildman–Crippen MR) is 162 cm³/mol. The number of rotatable bonds is 5. The molecule has 4 heterocycles. The van der Waals surface area contributed by atoms with Crippen LogP contribution in [0.3, 0.4) is 0 Å². The highest BCUT2D eigenvalue weighted by atomic mass is 35.5. The van der Waals surface area contributed by atoms with Crippen molar-refractivity contribution in [2.75, 3.05) is 38.2 Å². The Morgan fingerprint density at radius 1 is 1.07 bits per heavy atom. The van der Waals surface area contributed by atoms with Crippen LogP contribution in [0.1, 0.15) is 32.5 Å². The second-order valence-corrected chi connectivity index (χ2v) is 11.7. The lowest BCUT2D eigenvalue weighted by atomic mass is 10.1. The highest BCUT2D eigenvalue weighted by molar-refractivity contribution is 6.36. The molecule has 1 N–H and O–H groups in total. The van der Waals surface area contributed by atoms with Gasteiger partial charge in [-0.25, -0.2) is 9.78 Å². The summed E-state index contributed by atoms with van der Waals surface area (Å²) in [6.07, 6.45) is 1.15. The molecular formula is C30H34ClN7O4. The van der Waals surface area contributed by atoms with Crippen LogP contribution in [0, 0.1) is 6.92 Å². The normalized spacial score (nSPS) is 21.4. The first-order valence-electron chi connectivity index (χ1n) is 14.2. The fraction of sp³-hybridized carbons (Fsp3) is 0.433. The second-order valence-electron chi connectivity index (χ2n) is 11.3. The van der Waals surface area contributed by atoms with Crippen LogP contribution >= 0.6 is 11.6 Å². The number of aromatic nitrogens is 4. The van der Waals surface area contributed by atoms with Gasteiger partial charge in [-0.1, -0.05) is 35.9 Å². The van der Waals surface area contributed by atoms with Crippen molar-refractivity contribution in [1.82, 2.24) is 29.3 Å². The summed E-state index contributed by atoms with van der Waals surface area (Å²) in [5.74, 6) is 0.915. The number of likely N-dealkylation sites (tertiary alicyclic amines) is 1. The first-order valence-corrected chi connectivity index (χ1v) is 14.6. The highest BCUT2D eigenvalue weighted by Crippen LogP contribution is 2.32. The SMILES string of the molecule is Cc1nc2c(N3[C@@H](C)CN(C(=O)O)C[C@@H]3C)nc(OCC3CCCN3C)nc2c(=O)n1-c1cccc2cccc(Cl)c12. The number of hydrogen-bond acceptors (Lipinski definition) is 8. The van der Waals surface area contributed by atoms with E-state index in [-0.39, 0.29) is 35.2 Å². The van der Waals surface area contributed by atoms with Gasteiger partial charge < -0.3 is 24.5 Å². The summed E-state index contributed by atoms with van der Waals surface area (Å²) in [7, 11) is 2.07. The van der Waals surface area contributed by atoms with E-state index >= 15 is 0 Å². The van der Waals surface area contributed by atoms with Crippen molar-refractivity contribution in [3.63, 3.8) is 0 Å². The Morgan fingerprint density at radius 3 is 2.45 bits per heavy atom. The third kappa shape index (κ3) is 4.90. The van der Waals surface area contributed by atoms with Gasteiger partial charge in [0.1, 0.15) is 17.9 Å². The summed E-state index contributed by atoms with van der Waals surface area (Å²) < 4.78 is 7.70. The number of fused-ring (bicyclic) bond motifs is 2. The van der Waals surface area contributed by atoms with Gasteiger partial charge in [-0.2, -0.15) is 9.97 Å². The number of likely N-dealkylation sites (N-methyl/N-ethyl adjacent to an activating group) is 1. The Hall–Kier alpha value is -3.96. The van der Waals surface area contributed by atoms with Gasteiger partial charge in [-0.15, -0.1) is 0 Å². The minimum atomic E-state index is -0.962. The molecule has 0 aliphatic carbocycles. The van der Waals surface area contributed by atoms with Crippen LogP contribution in [0.2, 0.25) is 5.02 Å². The highest BCUT2D eigenvalue weighted by Gasteiger charge is 2.35. The third-order valence-electron chi connectivity index (χ3n) is 8.43. The molecule has 1 unspecified atom stereocenters. The summed E-state index contributed by atoms with van der Waals surface area (Å²) in [5, 5.41) is 11.8. The van der Waals surface area contributed by atoms with E-state index in [0.717, 1.165) is 30.2 Å². The van der Waals surface area contributed by atoms with Crippen molar-refractivity contribution in [3.8, 4) is 11.7 Å². The van der Waals surface area contributed by atoms with E-state index in [1.807, 2.05) is 49.1 Å². The van der Waals surface area contributed by atoms with E-state index in [4.69, 9.17) is 26.3 Å². The Kier molecular flexibility index (Phi) is 7.40. The van der Waals surface area contributed by atoms with Crippen molar-refractivity contribution in [1.29, 1.82) is 0 Å². The van der Waals surface area contributed by atoms with Crippen molar-refractivity contribution in [3.05, 3.63) is 57.6 Å². The number of piperazine rings is 1. The molecule has 1 amide bonds. The van der Waals surface area contributed by atoms with Crippen LogP contribution in [0.15, 0.2) is 41.2 Å². The van der Waals surface area contributed by atoms with Gasteiger partial charge in [0.25, 0.3) is 5.56 Å². The second kappa shape index (κ2) is 11.0. The number of anilines is 1. The van der Waals surface area contributed by atoms with E-state index in [2.05, 4.69) is 16.9 Å². The minimum Gasteiger partial charge on any atom is -0.465 e. The topological polar surface area (TPSA) is 117 Å². The molecule has 0 saturated carbocycles. The fourth-order valence-corrected chi connectivity index (χ4v) is 6.67. The summed E-state index contributed by atoms with van der Waals surface area (Å²) in [4.78, 5) is 46.1. The molecule has 0 spiro atoms. The average molecular weight is 592 g/mol. The van der Waals surface area contributed by atoms with Crippen LogP contribution in [0.4, 0.5) is 10.6 Å². The number of aryl methyl sites for hydroxylation is 1. The summed E-state index contributed by atoms with van der Waals surface area (Å²) in [6, 6.07) is 11.2. The van der Waals surface area contributed by atoms with Gasteiger partial charge in [-0.3, -0.25) is 9.36 Å². The Labute approximate surface area is 248 Å². The molecule has 2 saturated heterocycles. The quantitative estimate of drug-likeness (QED) is 0.362. The summed E-state index contributed by atoms with van der Waals surface area (Å²) in [5.41, 5.74) is 0.736. The van der Waals surface area contributed by atoms with E-state index in [1.54, 1.807) is 13.0 Å². The molecule has 0 radical (unpaired) electrons. The lowest BCUT2D eigenvalue weighted by molar-refractivity contribution is 0.128. The summed E-state index contributed by atoms with van der Waals surface area (Å²) in [6.45, 7) is 7.64. The number of carboxylic acid groups (broad SMARTS) is 1. The molecule has 2 aromatic heterocycles. The lowest BCUT2D eigenvalue weighted by Gasteiger charge is -2.44.